The van der Waals surface area contributed by atoms with Gasteiger partial charge >= 0.3 is 0 Å². The molecule has 78 valence electrons. The summed E-state index contributed by atoms with van der Waals surface area (Å²) >= 11 is 11.1. The second-order valence-corrected chi connectivity index (χ2v) is 3.20. The minimum atomic E-state index is -2.75. The number of pyridine rings is 1. The van der Waals surface area contributed by atoms with Crippen LogP contribution in [-0.2, 0) is 12.5 Å². The van der Waals surface area contributed by atoms with Crippen LogP contribution in [0.3, 0.4) is 0 Å². The van der Waals surface area contributed by atoms with Crippen LogP contribution in [0.4, 0.5) is 8.78 Å². The molecular weight excluding hydrogens is 235 g/mol. The predicted molar refractivity (Wildman–Crippen MR) is 49.7 cm³/mol. The molecule has 14 heavy (non-hydrogen) atoms. The van der Waals surface area contributed by atoms with E-state index in [0.29, 0.717) is 5.56 Å². The summed E-state index contributed by atoms with van der Waals surface area (Å²) in [6, 6.07) is 0. The molecule has 0 spiro atoms. The van der Waals surface area contributed by atoms with E-state index in [1.54, 1.807) is 0 Å². The summed E-state index contributed by atoms with van der Waals surface area (Å²) in [5, 5.41) is 8.71. The Hall–Kier alpha value is -0.450. The number of aromatic nitrogens is 1. The van der Waals surface area contributed by atoms with Crippen LogP contribution in [0.1, 0.15) is 23.2 Å². The number of hydrogen-bond acceptors (Lipinski definition) is 2. The van der Waals surface area contributed by atoms with E-state index < -0.39 is 18.7 Å². The lowest BCUT2D eigenvalue weighted by Gasteiger charge is -2.09. The smallest absolute Gasteiger partial charge is 0.281 e. The van der Waals surface area contributed by atoms with E-state index >= 15 is 0 Å². The van der Waals surface area contributed by atoms with Crippen molar-refractivity contribution >= 4 is 23.2 Å². The molecule has 0 aromatic carbocycles. The van der Waals surface area contributed by atoms with Crippen LogP contribution in [0.25, 0.3) is 0 Å². The summed E-state index contributed by atoms with van der Waals surface area (Å²) in [6.07, 6.45) is -1.55. The maximum atomic E-state index is 12.3. The third-order valence-corrected chi connectivity index (χ3v) is 2.46. The van der Waals surface area contributed by atoms with E-state index in [0.717, 1.165) is 0 Å². The predicted octanol–water partition coefficient (Wildman–Crippen LogP) is 2.90. The molecule has 0 aliphatic carbocycles. The lowest BCUT2D eigenvalue weighted by atomic mass is 10.1. The minimum Gasteiger partial charge on any atom is -0.392 e. The summed E-state index contributed by atoms with van der Waals surface area (Å²) in [7, 11) is 0. The fourth-order valence-electron chi connectivity index (χ4n) is 1.02. The monoisotopic (exact) mass is 241 g/mol. The van der Waals surface area contributed by atoms with Crippen molar-refractivity contribution < 1.29 is 13.9 Å². The molecule has 6 heteroatoms. The maximum absolute atomic E-state index is 12.3. The number of hydrogen-bond donors (Lipinski definition) is 1. The van der Waals surface area contributed by atoms with Crippen molar-refractivity contribution in [3.8, 4) is 0 Å². The highest BCUT2D eigenvalue weighted by atomic mass is 35.5. The third kappa shape index (κ3) is 2.13. The molecule has 1 rings (SSSR count). The van der Waals surface area contributed by atoms with Crippen LogP contribution in [0, 0.1) is 0 Å². The van der Waals surface area contributed by atoms with E-state index in [1.165, 1.54) is 6.20 Å². The van der Waals surface area contributed by atoms with Gasteiger partial charge in [0.05, 0.1) is 11.6 Å². The zero-order valence-corrected chi connectivity index (χ0v) is 8.49. The topological polar surface area (TPSA) is 33.1 Å². The molecule has 1 N–H and O–H groups in total. The first-order valence-corrected chi connectivity index (χ1v) is 4.64. The van der Waals surface area contributed by atoms with Crippen molar-refractivity contribution in [3.63, 3.8) is 0 Å². The van der Waals surface area contributed by atoms with Gasteiger partial charge in [-0.3, -0.25) is 4.98 Å². The summed E-state index contributed by atoms with van der Waals surface area (Å²) in [5.74, 6) is 0.0755. The van der Waals surface area contributed by atoms with Gasteiger partial charge in [-0.25, -0.2) is 8.78 Å². The van der Waals surface area contributed by atoms with Gasteiger partial charge in [0, 0.05) is 17.6 Å². The zero-order valence-electron chi connectivity index (χ0n) is 6.98. The van der Waals surface area contributed by atoms with Gasteiger partial charge in [0.1, 0.15) is 5.69 Å². The van der Waals surface area contributed by atoms with Gasteiger partial charge in [0.2, 0.25) is 0 Å². The van der Waals surface area contributed by atoms with Gasteiger partial charge in [0.25, 0.3) is 6.43 Å². The van der Waals surface area contributed by atoms with E-state index in [1.807, 2.05) is 0 Å². The Balaban J connectivity index is 3.27. The van der Waals surface area contributed by atoms with E-state index in [9.17, 15) is 8.78 Å². The number of halogens is 4. The second kappa shape index (κ2) is 4.87. The molecule has 0 atom stereocenters. The van der Waals surface area contributed by atoms with Crippen LogP contribution in [0.5, 0.6) is 0 Å². The number of aliphatic hydroxyl groups is 1. The Morgan fingerprint density at radius 3 is 2.57 bits per heavy atom. The van der Waals surface area contributed by atoms with Crippen LogP contribution < -0.4 is 0 Å². The quantitative estimate of drug-likeness (QED) is 0.826. The number of nitrogens with zero attached hydrogens (tertiary/aromatic N) is 1. The fourth-order valence-corrected chi connectivity index (χ4v) is 1.56. The van der Waals surface area contributed by atoms with E-state index in [2.05, 4.69) is 4.98 Å². The molecule has 0 radical (unpaired) electrons. The van der Waals surface area contributed by atoms with Crippen molar-refractivity contribution in [1.82, 2.24) is 4.98 Å². The van der Waals surface area contributed by atoms with Crippen molar-refractivity contribution in [3.05, 3.63) is 28.0 Å². The van der Waals surface area contributed by atoms with Crippen LogP contribution >= 0.6 is 23.2 Å². The largest absolute Gasteiger partial charge is 0.392 e. The van der Waals surface area contributed by atoms with Gasteiger partial charge in [0.15, 0.2) is 0 Å². The van der Waals surface area contributed by atoms with Crippen molar-refractivity contribution in [1.29, 1.82) is 0 Å². The van der Waals surface area contributed by atoms with Gasteiger partial charge < -0.3 is 5.11 Å². The van der Waals surface area contributed by atoms with Crippen LogP contribution in [-0.4, -0.2) is 10.1 Å². The summed E-state index contributed by atoms with van der Waals surface area (Å²) in [5.41, 5.74) is 0.153. The fraction of sp³-hybridized carbons (Fsp3) is 0.375. The number of aliphatic hydroxyl groups excluding tert-OH is 1. The third-order valence-electron chi connectivity index (χ3n) is 1.75. The van der Waals surface area contributed by atoms with Gasteiger partial charge in [-0.05, 0) is 5.56 Å². The lowest BCUT2D eigenvalue weighted by Crippen LogP contribution is -2.00. The summed E-state index contributed by atoms with van der Waals surface area (Å²) in [4.78, 5) is 3.48. The lowest BCUT2D eigenvalue weighted by molar-refractivity contribution is 0.146. The standard InChI is InChI=1S/C8H7Cl2F2NO/c9-1-4-2-13-7(8(11)12)6(10)5(4)3-14/h2,8,14H,1,3H2. The Labute approximate surface area is 89.5 Å². The van der Waals surface area contributed by atoms with Crippen LogP contribution in [0.2, 0.25) is 5.02 Å². The average Bonchev–Trinajstić information content (AvgIpc) is 2.16. The molecule has 0 aliphatic heterocycles. The molecule has 0 fully saturated rings. The summed E-state index contributed by atoms with van der Waals surface area (Å²) < 4.78 is 24.6. The Kier molecular flexibility index (Phi) is 4.04. The van der Waals surface area contributed by atoms with Crippen molar-refractivity contribution in [2.45, 2.75) is 18.9 Å². The maximum Gasteiger partial charge on any atom is 0.281 e. The highest BCUT2D eigenvalue weighted by Gasteiger charge is 2.18. The first kappa shape index (κ1) is 11.6. The highest BCUT2D eigenvalue weighted by molar-refractivity contribution is 6.32. The Morgan fingerprint density at radius 1 is 1.50 bits per heavy atom. The summed E-state index contributed by atoms with van der Waals surface area (Å²) in [6.45, 7) is -0.427. The Morgan fingerprint density at radius 2 is 2.14 bits per heavy atom. The highest BCUT2D eigenvalue weighted by Crippen LogP contribution is 2.30. The molecule has 1 aromatic rings. The molecule has 2 nitrogen and oxygen atoms in total. The molecule has 0 amide bonds. The van der Waals surface area contributed by atoms with Crippen molar-refractivity contribution in [2.24, 2.45) is 0 Å². The average molecular weight is 242 g/mol. The number of rotatable bonds is 3. The molecule has 0 saturated carbocycles. The SMILES string of the molecule is OCc1c(CCl)cnc(C(F)F)c1Cl. The van der Waals surface area contributed by atoms with E-state index in [4.69, 9.17) is 28.3 Å². The Bertz CT molecular complexity index is 333. The second-order valence-electron chi connectivity index (χ2n) is 2.55. The van der Waals surface area contributed by atoms with Crippen molar-refractivity contribution in [2.75, 3.05) is 0 Å². The van der Waals surface area contributed by atoms with Gasteiger partial charge in [-0.1, -0.05) is 11.6 Å². The first-order chi connectivity index (χ1) is 6.61. The number of alkyl halides is 3. The normalized spacial score (nSPS) is 11.0. The van der Waals surface area contributed by atoms with Crippen LogP contribution in [0.15, 0.2) is 6.20 Å². The molecule has 1 aromatic heterocycles. The molecule has 0 bridgehead atoms. The minimum absolute atomic E-state index is 0.0755. The molecular formula is C8H7Cl2F2NO. The first-order valence-electron chi connectivity index (χ1n) is 3.73. The van der Waals surface area contributed by atoms with Gasteiger partial charge in [-0.2, -0.15) is 0 Å². The van der Waals surface area contributed by atoms with Gasteiger partial charge in [-0.15, -0.1) is 11.6 Å². The molecule has 0 unspecified atom stereocenters. The zero-order chi connectivity index (χ0) is 10.7. The molecule has 0 aliphatic rings. The van der Waals surface area contributed by atoms with E-state index in [-0.39, 0.29) is 16.5 Å². The molecule has 1 heterocycles. The molecule has 0 saturated heterocycles.